The van der Waals surface area contributed by atoms with E-state index in [1.807, 2.05) is 52.0 Å². The number of aryl methyl sites for hydroxylation is 2. The molecule has 1 N–H and O–H groups in total. The Morgan fingerprint density at radius 2 is 1.76 bits per heavy atom. The molecular formula is C25H35N3O5S. The summed E-state index contributed by atoms with van der Waals surface area (Å²) >= 11 is 0. The van der Waals surface area contributed by atoms with Crippen LogP contribution in [0.1, 0.15) is 37.0 Å². The van der Waals surface area contributed by atoms with Crippen molar-refractivity contribution in [2.75, 3.05) is 30.8 Å². The van der Waals surface area contributed by atoms with Gasteiger partial charge in [0.15, 0.2) is 0 Å². The summed E-state index contributed by atoms with van der Waals surface area (Å²) < 4.78 is 32.0. The Kier molecular flexibility index (Phi) is 9.49. The number of hydrogen-bond donors (Lipinski definition) is 1. The van der Waals surface area contributed by atoms with Crippen LogP contribution in [-0.2, 0) is 26.2 Å². The van der Waals surface area contributed by atoms with Gasteiger partial charge in [-0.15, -0.1) is 0 Å². The standard InChI is InChI=1S/C25H35N3O5S/c1-7-21(25(30)26-8-2)27(16-20-12-10-9-11-19(20)4)24(29)17-28(34(6,31)32)22-15-18(3)13-14-23(22)33-5/h9-15,21H,7-8,16-17H2,1-6H3,(H,26,30)/t21-/m0/s1. The summed E-state index contributed by atoms with van der Waals surface area (Å²) in [5.74, 6) is -0.411. The molecule has 0 aliphatic heterocycles. The molecule has 0 bridgehead atoms. The largest absolute Gasteiger partial charge is 0.495 e. The van der Waals surface area contributed by atoms with E-state index in [0.717, 1.165) is 27.3 Å². The molecule has 8 nitrogen and oxygen atoms in total. The fourth-order valence-electron chi connectivity index (χ4n) is 3.77. The van der Waals surface area contributed by atoms with Crippen molar-refractivity contribution in [3.8, 4) is 5.75 Å². The smallest absolute Gasteiger partial charge is 0.244 e. The van der Waals surface area contributed by atoms with Crippen LogP contribution in [0.5, 0.6) is 5.75 Å². The SMILES string of the molecule is CCNC(=O)[C@H](CC)N(Cc1ccccc1C)C(=O)CN(c1cc(C)ccc1OC)S(C)(=O)=O. The Morgan fingerprint density at radius 1 is 1.09 bits per heavy atom. The number of carbonyl (C=O) groups is 2. The third kappa shape index (κ3) is 6.72. The summed E-state index contributed by atoms with van der Waals surface area (Å²) in [6.07, 6.45) is 1.44. The summed E-state index contributed by atoms with van der Waals surface area (Å²) in [5, 5.41) is 2.79. The Labute approximate surface area is 202 Å². The van der Waals surface area contributed by atoms with Crippen LogP contribution >= 0.6 is 0 Å². The van der Waals surface area contributed by atoms with E-state index in [1.54, 1.807) is 18.2 Å². The van der Waals surface area contributed by atoms with Crippen molar-refractivity contribution < 1.29 is 22.7 Å². The molecule has 2 aromatic carbocycles. The zero-order valence-electron chi connectivity index (χ0n) is 20.8. The van der Waals surface area contributed by atoms with Gasteiger partial charge in [0.25, 0.3) is 0 Å². The van der Waals surface area contributed by atoms with Crippen molar-refractivity contribution in [3.63, 3.8) is 0 Å². The average molecular weight is 490 g/mol. The Bertz CT molecular complexity index is 1120. The highest BCUT2D eigenvalue weighted by molar-refractivity contribution is 7.92. The normalized spacial score (nSPS) is 12.1. The highest BCUT2D eigenvalue weighted by Crippen LogP contribution is 2.31. The van der Waals surface area contributed by atoms with Gasteiger partial charge in [0.2, 0.25) is 21.8 Å². The lowest BCUT2D eigenvalue weighted by atomic mass is 10.1. The van der Waals surface area contributed by atoms with Crippen molar-refractivity contribution in [2.45, 2.75) is 46.7 Å². The van der Waals surface area contributed by atoms with Gasteiger partial charge in [0.05, 0.1) is 19.1 Å². The van der Waals surface area contributed by atoms with Gasteiger partial charge in [-0.2, -0.15) is 0 Å². The summed E-state index contributed by atoms with van der Waals surface area (Å²) in [6, 6.07) is 12.0. The molecule has 0 spiro atoms. The minimum Gasteiger partial charge on any atom is -0.495 e. The van der Waals surface area contributed by atoms with Gasteiger partial charge in [0.1, 0.15) is 18.3 Å². The Morgan fingerprint density at radius 3 is 2.32 bits per heavy atom. The number of hydrogen-bond acceptors (Lipinski definition) is 5. The summed E-state index contributed by atoms with van der Waals surface area (Å²) in [6.45, 7) is 7.56. The van der Waals surface area contributed by atoms with E-state index in [1.165, 1.54) is 12.0 Å². The number of methoxy groups -OCH3 is 1. The van der Waals surface area contributed by atoms with Crippen LogP contribution < -0.4 is 14.4 Å². The molecule has 0 fully saturated rings. The van der Waals surface area contributed by atoms with Gasteiger partial charge in [-0.1, -0.05) is 37.3 Å². The molecule has 186 valence electrons. The molecule has 0 aliphatic carbocycles. The van der Waals surface area contributed by atoms with Crippen molar-refractivity contribution in [2.24, 2.45) is 0 Å². The first kappa shape index (κ1) is 27.2. The second kappa shape index (κ2) is 11.9. The van der Waals surface area contributed by atoms with E-state index in [-0.39, 0.29) is 18.1 Å². The number of benzene rings is 2. The van der Waals surface area contributed by atoms with Gasteiger partial charge < -0.3 is 15.0 Å². The van der Waals surface area contributed by atoms with Crippen LogP contribution in [0.3, 0.4) is 0 Å². The van der Waals surface area contributed by atoms with Crippen molar-refractivity contribution in [3.05, 3.63) is 59.2 Å². The molecule has 2 amide bonds. The number of sulfonamides is 1. The van der Waals surface area contributed by atoms with Crippen LogP contribution in [0, 0.1) is 13.8 Å². The Balaban J connectivity index is 2.52. The molecule has 34 heavy (non-hydrogen) atoms. The highest BCUT2D eigenvalue weighted by atomic mass is 32.2. The number of nitrogens with one attached hydrogen (secondary N) is 1. The fraction of sp³-hybridized carbons (Fsp3) is 0.440. The van der Waals surface area contributed by atoms with Gasteiger partial charge in [-0.05, 0) is 56.0 Å². The van der Waals surface area contributed by atoms with E-state index in [0.29, 0.717) is 18.7 Å². The molecule has 0 aromatic heterocycles. The quantitative estimate of drug-likeness (QED) is 0.523. The molecule has 0 saturated carbocycles. The second-order valence-corrected chi connectivity index (χ2v) is 10.1. The molecular weight excluding hydrogens is 454 g/mol. The van der Waals surface area contributed by atoms with Crippen LogP contribution in [0.25, 0.3) is 0 Å². The third-order valence-corrected chi connectivity index (χ3v) is 6.75. The van der Waals surface area contributed by atoms with Crippen LogP contribution in [0.4, 0.5) is 5.69 Å². The van der Waals surface area contributed by atoms with Gasteiger partial charge >= 0.3 is 0 Å². The molecule has 2 aromatic rings. The van der Waals surface area contributed by atoms with Gasteiger partial charge in [0, 0.05) is 13.1 Å². The van der Waals surface area contributed by atoms with E-state index in [4.69, 9.17) is 4.74 Å². The molecule has 1 atom stereocenters. The lowest BCUT2D eigenvalue weighted by Crippen LogP contribution is -2.52. The zero-order chi connectivity index (χ0) is 25.5. The monoisotopic (exact) mass is 489 g/mol. The molecule has 0 unspecified atom stereocenters. The molecule has 9 heteroatoms. The molecule has 0 heterocycles. The first-order valence-corrected chi connectivity index (χ1v) is 13.1. The first-order valence-electron chi connectivity index (χ1n) is 11.3. The highest BCUT2D eigenvalue weighted by Gasteiger charge is 2.32. The maximum Gasteiger partial charge on any atom is 0.244 e. The summed E-state index contributed by atoms with van der Waals surface area (Å²) in [7, 11) is -2.39. The van der Waals surface area contributed by atoms with Crippen LogP contribution in [-0.4, -0.2) is 57.6 Å². The minimum atomic E-state index is -3.83. The van der Waals surface area contributed by atoms with E-state index >= 15 is 0 Å². The molecule has 0 aliphatic rings. The maximum absolute atomic E-state index is 13.7. The van der Waals surface area contributed by atoms with Crippen LogP contribution in [0.15, 0.2) is 42.5 Å². The predicted molar refractivity (Wildman–Crippen MR) is 134 cm³/mol. The minimum absolute atomic E-state index is 0.184. The summed E-state index contributed by atoms with van der Waals surface area (Å²) in [4.78, 5) is 28.0. The van der Waals surface area contributed by atoms with Crippen LogP contribution in [0.2, 0.25) is 0 Å². The number of anilines is 1. The lowest BCUT2D eigenvalue weighted by Gasteiger charge is -2.33. The molecule has 0 radical (unpaired) electrons. The topological polar surface area (TPSA) is 96.0 Å². The average Bonchev–Trinajstić information content (AvgIpc) is 2.77. The van der Waals surface area contributed by atoms with Gasteiger partial charge in [-0.25, -0.2) is 8.42 Å². The summed E-state index contributed by atoms with van der Waals surface area (Å²) in [5.41, 5.74) is 2.96. The number of rotatable bonds is 11. The van der Waals surface area contributed by atoms with E-state index in [2.05, 4.69) is 5.32 Å². The van der Waals surface area contributed by atoms with E-state index < -0.39 is 28.5 Å². The number of ether oxygens (including phenoxy) is 1. The lowest BCUT2D eigenvalue weighted by molar-refractivity contribution is -0.140. The van der Waals surface area contributed by atoms with Gasteiger partial charge in [-0.3, -0.25) is 13.9 Å². The number of nitrogens with zero attached hydrogens (tertiary/aromatic N) is 2. The predicted octanol–water partition coefficient (Wildman–Crippen LogP) is 3.02. The maximum atomic E-state index is 13.7. The third-order valence-electron chi connectivity index (χ3n) is 5.62. The van der Waals surface area contributed by atoms with Crippen molar-refractivity contribution in [1.29, 1.82) is 0 Å². The number of carbonyl (C=O) groups excluding carboxylic acids is 2. The second-order valence-electron chi connectivity index (χ2n) is 8.21. The fourth-order valence-corrected chi connectivity index (χ4v) is 4.62. The van der Waals surface area contributed by atoms with Crippen molar-refractivity contribution >= 4 is 27.5 Å². The Hall–Kier alpha value is -3.07. The van der Waals surface area contributed by atoms with E-state index in [9.17, 15) is 18.0 Å². The molecule has 2 rings (SSSR count). The van der Waals surface area contributed by atoms with Crippen molar-refractivity contribution in [1.82, 2.24) is 10.2 Å². The molecule has 0 saturated heterocycles. The number of amides is 2. The zero-order valence-corrected chi connectivity index (χ0v) is 21.6. The number of likely N-dealkylation sites (N-methyl/N-ethyl adjacent to an activating group) is 1. The first-order chi connectivity index (χ1) is 16.0.